The average Bonchev–Trinajstić information content (AvgIpc) is 2.89. The molecular formula is C18H27N3O. The molecule has 0 aliphatic heterocycles. The molecule has 0 radical (unpaired) electrons. The molecule has 1 aromatic heterocycles. The van der Waals surface area contributed by atoms with Crippen molar-refractivity contribution in [2.75, 3.05) is 0 Å². The first-order valence-electron chi connectivity index (χ1n) is 8.88. The minimum absolute atomic E-state index is 0.0441. The van der Waals surface area contributed by atoms with Gasteiger partial charge in [0.2, 0.25) is 0 Å². The fourth-order valence-electron chi connectivity index (χ4n) is 6.12. The van der Waals surface area contributed by atoms with Gasteiger partial charge in [0.05, 0.1) is 0 Å². The Hall–Kier alpha value is -1.32. The number of hydrogen-bond acceptors (Lipinski definition) is 2. The first-order chi connectivity index (χ1) is 10.6. The Labute approximate surface area is 132 Å². The lowest BCUT2D eigenvalue weighted by atomic mass is 9.47. The van der Waals surface area contributed by atoms with Gasteiger partial charge >= 0.3 is 0 Å². The van der Waals surface area contributed by atoms with Crippen molar-refractivity contribution < 1.29 is 4.79 Å². The van der Waals surface area contributed by atoms with Gasteiger partial charge in [-0.2, -0.15) is 5.10 Å². The SMILES string of the molecule is CC[C@H](NC(=O)c1ccnn1C)C12CC3CC(CC(C3)C1)C2. The molecule has 0 unspecified atom stereocenters. The van der Waals surface area contributed by atoms with Crippen molar-refractivity contribution in [2.45, 2.75) is 57.9 Å². The van der Waals surface area contributed by atoms with Crippen molar-refractivity contribution >= 4 is 5.91 Å². The Balaban J connectivity index is 1.55. The maximum absolute atomic E-state index is 12.6. The predicted octanol–water partition coefficient (Wildman–Crippen LogP) is 3.14. The summed E-state index contributed by atoms with van der Waals surface area (Å²) in [6.45, 7) is 2.23. The van der Waals surface area contributed by atoms with E-state index in [9.17, 15) is 4.79 Å². The maximum atomic E-state index is 12.6. The summed E-state index contributed by atoms with van der Waals surface area (Å²) in [5.41, 5.74) is 1.04. The van der Waals surface area contributed by atoms with Crippen LogP contribution in [0.5, 0.6) is 0 Å². The monoisotopic (exact) mass is 301 g/mol. The van der Waals surface area contributed by atoms with Crippen molar-refractivity contribution in [1.29, 1.82) is 0 Å². The maximum Gasteiger partial charge on any atom is 0.269 e. The molecule has 0 aromatic carbocycles. The molecule has 4 aliphatic rings. The zero-order valence-electron chi connectivity index (χ0n) is 13.7. The third-order valence-corrected chi connectivity index (χ3v) is 6.59. The van der Waals surface area contributed by atoms with E-state index in [4.69, 9.17) is 0 Å². The molecule has 1 amide bonds. The number of aromatic nitrogens is 2. The van der Waals surface area contributed by atoms with E-state index < -0.39 is 0 Å². The van der Waals surface area contributed by atoms with Gasteiger partial charge < -0.3 is 5.32 Å². The third-order valence-electron chi connectivity index (χ3n) is 6.59. The smallest absolute Gasteiger partial charge is 0.269 e. The second-order valence-electron chi connectivity index (χ2n) is 8.05. The van der Waals surface area contributed by atoms with Crippen LogP contribution in [-0.4, -0.2) is 21.7 Å². The van der Waals surface area contributed by atoms with E-state index in [-0.39, 0.29) is 5.91 Å². The van der Waals surface area contributed by atoms with Gasteiger partial charge in [-0.05, 0) is 74.2 Å². The molecule has 4 heteroatoms. The topological polar surface area (TPSA) is 46.9 Å². The van der Waals surface area contributed by atoms with Gasteiger partial charge in [-0.15, -0.1) is 0 Å². The summed E-state index contributed by atoms with van der Waals surface area (Å²) in [4.78, 5) is 12.6. The Morgan fingerprint density at radius 1 is 1.32 bits per heavy atom. The first-order valence-corrected chi connectivity index (χ1v) is 8.88. The van der Waals surface area contributed by atoms with Crippen LogP contribution in [0.1, 0.15) is 62.4 Å². The van der Waals surface area contributed by atoms with Crippen molar-refractivity contribution in [2.24, 2.45) is 30.2 Å². The fraction of sp³-hybridized carbons (Fsp3) is 0.778. The van der Waals surface area contributed by atoms with Crippen molar-refractivity contribution in [3.8, 4) is 0 Å². The van der Waals surface area contributed by atoms with Crippen LogP contribution >= 0.6 is 0 Å². The lowest BCUT2D eigenvalue weighted by Gasteiger charge is -2.59. The second-order valence-corrected chi connectivity index (χ2v) is 8.05. The van der Waals surface area contributed by atoms with E-state index in [2.05, 4.69) is 17.3 Å². The van der Waals surface area contributed by atoms with Gasteiger partial charge in [-0.3, -0.25) is 9.48 Å². The van der Waals surface area contributed by atoms with Gasteiger partial charge in [-0.25, -0.2) is 0 Å². The van der Waals surface area contributed by atoms with Gasteiger partial charge in [0, 0.05) is 19.3 Å². The summed E-state index contributed by atoms with van der Waals surface area (Å²) in [5, 5.41) is 7.49. The predicted molar refractivity (Wildman–Crippen MR) is 85.4 cm³/mol. The zero-order chi connectivity index (χ0) is 15.3. The molecule has 1 N–H and O–H groups in total. The van der Waals surface area contributed by atoms with E-state index in [1.807, 2.05) is 13.1 Å². The Morgan fingerprint density at radius 3 is 2.36 bits per heavy atom. The average molecular weight is 301 g/mol. The largest absolute Gasteiger partial charge is 0.347 e. The van der Waals surface area contributed by atoms with Crippen LogP contribution in [-0.2, 0) is 7.05 Å². The Bertz CT molecular complexity index is 541. The number of nitrogens with one attached hydrogen (secondary N) is 1. The van der Waals surface area contributed by atoms with E-state index >= 15 is 0 Å². The number of rotatable bonds is 4. The van der Waals surface area contributed by atoms with Gasteiger partial charge in [-0.1, -0.05) is 6.92 Å². The highest BCUT2D eigenvalue weighted by Gasteiger charge is 2.54. The molecule has 4 nitrogen and oxygen atoms in total. The summed E-state index contributed by atoms with van der Waals surface area (Å²) in [5.74, 6) is 2.82. The second kappa shape index (κ2) is 5.10. The Kier molecular flexibility index (Phi) is 3.31. The van der Waals surface area contributed by atoms with Crippen LogP contribution < -0.4 is 5.32 Å². The number of hydrogen-bond donors (Lipinski definition) is 1. The minimum Gasteiger partial charge on any atom is -0.347 e. The molecule has 4 saturated carbocycles. The molecule has 4 aliphatic carbocycles. The fourth-order valence-corrected chi connectivity index (χ4v) is 6.12. The van der Waals surface area contributed by atoms with Gasteiger partial charge in [0.15, 0.2) is 0 Å². The van der Waals surface area contributed by atoms with Crippen LogP contribution in [0.4, 0.5) is 0 Å². The molecule has 22 heavy (non-hydrogen) atoms. The van der Waals surface area contributed by atoms with E-state index in [1.54, 1.807) is 10.9 Å². The number of aryl methyl sites for hydroxylation is 1. The van der Waals surface area contributed by atoms with E-state index in [0.717, 1.165) is 24.2 Å². The van der Waals surface area contributed by atoms with Crippen LogP contribution in [0.2, 0.25) is 0 Å². The summed E-state index contributed by atoms with van der Waals surface area (Å²) in [7, 11) is 1.83. The number of carbonyl (C=O) groups is 1. The van der Waals surface area contributed by atoms with Crippen molar-refractivity contribution in [3.63, 3.8) is 0 Å². The van der Waals surface area contributed by atoms with Crippen LogP contribution in [0, 0.1) is 23.2 Å². The summed E-state index contributed by atoms with van der Waals surface area (Å²) in [6.07, 6.45) is 11.1. The van der Waals surface area contributed by atoms with Crippen LogP contribution in [0.3, 0.4) is 0 Å². The van der Waals surface area contributed by atoms with Gasteiger partial charge in [0.1, 0.15) is 5.69 Å². The van der Waals surface area contributed by atoms with Crippen LogP contribution in [0.25, 0.3) is 0 Å². The molecule has 1 aromatic rings. The lowest BCUT2D eigenvalue weighted by molar-refractivity contribution is -0.0727. The normalized spacial score (nSPS) is 37.3. The lowest BCUT2D eigenvalue weighted by Crippen LogP contribution is -2.56. The zero-order valence-corrected chi connectivity index (χ0v) is 13.7. The molecule has 1 heterocycles. The first kappa shape index (κ1) is 14.3. The van der Waals surface area contributed by atoms with Crippen molar-refractivity contribution in [3.05, 3.63) is 18.0 Å². The molecule has 1 atom stereocenters. The summed E-state index contributed by atoms with van der Waals surface area (Å²) in [6, 6.07) is 2.13. The quantitative estimate of drug-likeness (QED) is 0.928. The summed E-state index contributed by atoms with van der Waals surface area (Å²) >= 11 is 0. The highest BCUT2D eigenvalue weighted by molar-refractivity contribution is 5.92. The minimum atomic E-state index is 0.0441. The van der Waals surface area contributed by atoms with Crippen LogP contribution in [0.15, 0.2) is 12.3 Å². The highest BCUT2D eigenvalue weighted by Crippen LogP contribution is 2.61. The van der Waals surface area contributed by atoms with E-state index in [1.165, 1.54) is 38.5 Å². The molecule has 0 spiro atoms. The summed E-state index contributed by atoms with van der Waals surface area (Å²) < 4.78 is 1.67. The molecule has 5 rings (SSSR count). The molecule has 4 fully saturated rings. The molecular weight excluding hydrogens is 274 g/mol. The number of amides is 1. The van der Waals surface area contributed by atoms with E-state index in [0.29, 0.717) is 17.2 Å². The van der Waals surface area contributed by atoms with Gasteiger partial charge in [0.25, 0.3) is 5.91 Å². The molecule has 0 saturated heterocycles. The molecule has 4 bridgehead atoms. The Morgan fingerprint density at radius 2 is 1.91 bits per heavy atom. The standard InChI is InChI=1S/C18H27N3O/c1-3-16(20-17(22)15-4-5-19-21(15)2)18-9-12-6-13(10-18)8-14(7-12)11-18/h4-5,12-14,16H,3,6-11H2,1-2H3,(H,20,22)/t12?,13?,14?,16-,18?/m0/s1. The number of carbonyl (C=O) groups excluding carboxylic acids is 1. The molecule has 120 valence electrons. The highest BCUT2D eigenvalue weighted by atomic mass is 16.2. The third kappa shape index (κ3) is 2.19. The number of nitrogens with zero attached hydrogens (tertiary/aromatic N) is 2. The van der Waals surface area contributed by atoms with Crippen molar-refractivity contribution in [1.82, 2.24) is 15.1 Å².